The van der Waals surface area contributed by atoms with E-state index in [9.17, 15) is 4.79 Å². The normalized spacial score (nSPS) is 21.3. The van der Waals surface area contributed by atoms with E-state index in [0.717, 1.165) is 19.3 Å². The molecule has 1 atom stereocenters. The number of Topliss-reactive ketones (excluding diaryl/α,β-unsaturated/α-hetero) is 1. The van der Waals surface area contributed by atoms with Crippen molar-refractivity contribution in [1.82, 2.24) is 0 Å². The van der Waals surface area contributed by atoms with Crippen LogP contribution in [0.1, 0.15) is 38.5 Å². The number of hydrogen-bond acceptors (Lipinski definition) is 3. The molecule has 0 aromatic rings. The zero-order chi connectivity index (χ0) is 12.0. The van der Waals surface area contributed by atoms with Gasteiger partial charge in [0.25, 0.3) is 0 Å². The van der Waals surface area contributed by atoms with Gasteiger partial charge < -0.3 is 0 Å². The molecular weight excluding hydrogens is 200 g/mol. The minimum absolute atomic E-state index is 0.109. The first kappa shape index (κ1) is 12.3. The molecule has 1 rings (SSSR count). The maximum atomic E-state index is 11.5. The summed E-state index contributed by atoms with van der Waals surface area (Å²) in [7, 11) is 0. The molecule has 1 aliphatic carbocycles. The minimum Gasteiger partial charge on any atom is -0.300 e. The summed E-state index contributed by atoms with van der Waals surface area (Å²) >= 11 is 0. The predicted molar refractivity (Wildman–Crippen MR) is 58.7 cm³/mol. The van der Waals surface area contributed by atoms with E-state index >= 15 is 0 Å². The first-order valence-electron chi connectivity index (χ1n) is 5.46. The van der Waals surface area contributed by atoms with Crippen molar-refractivity contribution in [1.29, 1.82) is 10.5 Å². The lowest BCUT2D eigenvalue weighted by atomic mass is 9.72. The smallest absolute Gasteiger partial charge is 0.157 e. The predicted octanol–water partition coefficient (Wildman–Crippen LogP) is 2.19. The molecule has 1 saturated carbocycles. The van der Waals surface area contributed by atoms with Crippen molar-refractivity contribution in [2.45, 2.75) is 38.5 Å². The number of hydrogen-bond donors (Lipinski definition) is 0. The quantitative estimate of drug-likeness (QED) is 0.522. The molecule has 0 aliphatic heterocycles. The number of carbonyl (C=O) groups is 1. The van der Waals surface area contributed by atoms with Crippen molar-refractivity contribution in [3.05, 3.63) is 0 Å². The molecule has 0 N–H and O–H groups in total. The molecule has 0 amide bonds. The van der Waals surface area contributed by atoms with Gasteiger partial charge >= 0.3 is 0 Å². The van der Waals surface area contributed by atoms with Crippen molar-refractivity contribution in [2.24, 2.45) is 11.3 Å². The largest absolute Gasteiger partial charge is 0.300 e. The molecule has 0 aromatic carbocycles. The van der Waals surface area contributed by atoms with E-state index in [1.165, 1.54) is 0 Å². The molecule has 0 bridgehead atoms. The number of nitriles is 2. The Balaban J connectivity index is 2.95. The van der Waals surface area contributed by atoms with Gasteiger partial charge in [0, 0.05) is 19.3 Å². The number of nitrogens with zero attached hydrogens (tertiary/aromatic N) is 2. The molecule has 1 fully saturated rings. The molecule has 0 spiro atoms. The van der Waals surface area contributed by atoms with E-state index in [1.54, 1.807) is 0 Å². The fraction of sp³-hybridized carbons (Fsp3) is 0.615. The van der Waals surface area contributed by atoms with Gasteiger partial charge in [-0.15, -0.1) is 12.3 Å². The van der Waals surface area contributed by atoms with E-state index in [-0.39, 0.29) is 18.1 Å². The second-order valence-electron chi connectivity index (χ2n) is 4.26. The molecule has 3 nitrogen and oxygen atoms in total. The van der Waals surface area contributed by atoms with Crippen LogP contribution in [0.2, 0.25) is 0 Å². The van der Waals surface area contributed by atoms with Gasteiger partial charge in [0.2, 0.25) is 0 Å². The third kappa shape index (κ3) is 2.41. The Labute approximate surface area is 96.1 Å². The van der Waals surface area contributed by atoms with Crippen LogP contribution >= 0.6 is 0 Å². The lowest BCUT2D eigenvalue weighted by Crippen LogP contribution is -2.28. The molecule has 16 heavy (non-hydrogen) atoms. The zero-order valence-corrected chi connectivity index (χ0v) is 9.20. The number of rotatable bonds is 2. The van der Waals surface area contributed by atoms with Crippen molar-refractivity contribution in [3.63, 3.8) is 0 Å². The number of carbonyl (C=O) groups excluding carboxylic acids is 1. The van der Waals surface area contributed by atoms with E-state index in [1.807, 2.05) is 12.1 Å². The van der Waals surface area contributed by atoms with Crippen molar-refractivity contribution < 1.29 is 4.79 Å². The molecule has 0 saturated heterocycles. The minimum atomic E-state index is -1.17. The van der Waals surface area contributed by atoms with Gasteiger partial charge in [-0.25, -0.2) is 0 Å². The Bertz CT molecular complexity index is 378. The molecule has 3 heteroatoms. The standard InChI is InChI=1S/C13H14N2O/c1-2-7-13(9-14,10-15)11-5-3-4-6-12(16)8-11/h1,11H,3-8H2/t11-/m1/s1. The van der Waals surface area contributed by atoms with Crippen LogP contribution in [0.25, 0.3) is 0 Å². The van der Waals surface area contributed by atoms with E-state index in [2.05, 4.69) is 5.92 Å². The first-order chi connectivity index (χ1) is 7.68. The maximum absolute atomic E-state index is 11.5. The van der Waals surface area contributed by atoms with Crippen LogP contribution in [-0.2, 0) is 4.79 Å². The van der Waals surface area contributed by atoms with Gasteiger partial charge in [-0.1, -0.05) is 6.42 Å². The molecule has 0 radical (unpaired) electrons. The van der Waals surface area contributed by atoms with Crippen molar-refractivity contribution >= 4 is 5.78 Å². The first-order valence-corrected chi connectivity index (χ1v) is 5.46. The van der Waals surface area contributed by atoms with Crippen LogP contribution in [0.15, 0.2) is 0 Å². The highest BCUT2D eigenvalue weighted by atomic mass is 16.1. The average molecular weight is 214 g/mol. The monoisotopic (exact) mass is 214 g/mol. The van der Waals surface area contributed by atoms with Gasteiger partial charge in [0.05, 0.1) is 12.1 Å². The van der Waals surface area contributed by atoms with E-state index < -0.39 is 5.41 Å². The summed E-state index contributed by atoms with van der Waals surface area (Å²) in [6.07, 6.45) is 8.71. The summed E-state index contributed by atoms with van der Waals surface area (Å²) in [6.45, 7) is 0. The van der Waals surface area contributed by atoms with Crippen LogP contribution in [-0.4, -0.2) is 5.78 Å². The summed E-state index contributed by atoms with van der Waals surface area (Å²) in [4.78, 5) is 11.5. The molecule has 0 aromatic heterocycles. The number of ketones is 1. The Morgan fingerprint density at radius 3 is 2.62 bits per heavy atom. The van der Waals surface area contributed by atoms with Crippen LogP contribution in [0, 0.1) is 46.3 Å². The summed E-state index contributed by atoms with van der Waals surface area (Å²) in [6, 6.07) is 4.06. The van der Waals surface area contributed by atoms with Crippen LogP contribution < -0.4 is 0 Å². The number of terminal acetylenes is 1. The summed E-state index contributed by atoms with van der Waals surface area (Å²) < 4.78 is 0. The van der Waals surface area contributed by atoms with E-state index in [0.29, 0.717) is 12.8 Å². The van der Waals surface area contributed by atoms with E-state index in [4.69, 9.17) is 16.9 Å². The molecule has 0 heterocycles. The highest BCUT2D eigenvalue weighted by Crippen LogP contribution is 2.38. The van der Waals surface area contributed by atoms with Gasteiger partial charge in [-0.2, -0.15) is 10.5 Å². The Morgan fingerprint density at radius 1 is 1.38 bits per heavy atom. The van der Waals surface area contributed by atoms with Crippen LogP contribution in [0.4, 0.5) is 0 Å². The Morgan fingerprint density at radius 2 is 2.06 bits per heavy atom. The Kier molecular flexibility index (Phi) is 4.10. The third-order valence-corrected chi connectivity index (χ3v) is 3.21. The van der Waals surface area contributed by atoms with Crippen molar-refractivity contribution in [3.8, 4) is 24.5 Å². The average Bonchev–Trinajstić information content (AvgIpc) is 2.51. The molecule has 1 aliphatic rings. The SMILES string of the molecule is C#CCC(C#N)(C#N)[C@@H]1CCCCC(=O)C1. The van der Waals surface area contributed by atoms with Gasteiger partial charge in [0.15, 0.2) is 5.41 Å². The summed E-state index contributed by atoms with van der Waals surface area (Å²) in [5.74, 6) is 2.33. The van der Waals surface area contributed by atoms with Crippen molar-refractivity contribution in [2.75, 3.05) is 0 Å². The highest BCUT2D eigenvalue weighted by molar-refractivity contribution is 5.79. The summed E-state index contributed by atoms with van der Waals surface area (Å²) in [5, 5.41) is 18.3. The molecule has 82 valence electrons. The fourth-order valence-corrected chi connectivity index (χ4v) is 2.20. The molecular formula is C13H14N2O. The summed E-state index contributed by atoms with van der Waals surface area (Å²) in [5.41, 5.74) is -1.17. The van der Waals surface area contributed by atoms with Crippen LogP contribution in [0.3, 0.4) is 0 Å². The zero-order valence-electron chi connectivity index (χ0n) is 9.20. The highest BCUT2D eigenvalue weighted by Gasteiger charge is 2.40. The maximum Gasteiger partial charge on any atom is 0.157 e. The lowest BCUT2D eigenvalue weighted by Gasteiger charge is -2.25. The van der Waals surface area contributed by atoms with Gasteiger partial charge in [0.1, 0.15) is 5.78 Å². The molecule has 0 unspecified atom stereocenters. The Hall–Kier alpha value is -1.79. The lowest BCUT2D eigenvalue weighted by molar-refractivity contribution is -0.120. The van der Waals surface area contributed by atoms with Crippen LogP contribution in [0.5, 0.6) is 0 Å². The second-order valence-corrected chi connectivity index (χ2v) is 4.26. The third-order valence-electron chi connectivity index (χ3n) is 3.21. The topological polar surface area (TPSA) is 64.7 Å². The fourth-order valence-electron chi connectivity index (χ4n) is 2.20. The van der Waals surface area contributed by atoms with Gasteiger partial charge in [-0.05, 0) is 18.8 Å². The van der Waals surface area contributed by atoms with Gasteiger partial charge in [-0.3, -0.25) is 4.79 Å². The second kappa shape index (κ2) is 5.34.